The summed E-state index contributed by atoms with van der Waals surface area (Å²) in [6, 6.07) is 18.5. The van der Waals surface area contributed by atoms with Gasteiger partial charge in [-0.15, -0.1) is 18.3 Å². The fraction of sp³-hybridized carbons (Fsp3) is 0.172. The maximum atomic E-state index is 12.7. The third kappa shape index (κ3) is 7.45. The largest absolute Gasteiger partial charge is 0.573 e. The number of amides is 1. The van der Waals surface area contributed by atoms with Gasteiger partial charge in [-0.25, -0.2) is 9.67 Å². The number of halogens is 3. The molecule has 2 heterocycles. The van der Waals surface area contributed by atoms with E-state index in [-0.39, 0.29) is 22.5 Å². The van der Waals surface area contributed by atoms with Crippen LogP contribution in [0.2, 0.25) is 0 Å². The number of carbonyl (C=O) groups is 1. The molecular weight excluding hydrogens is 599 g/mol. The van der Waals surface area contributed by atoms with Gasteiger partial charge in [0.15, 0.2) is 11.0 Å². The van der Waals surface area contributed by atoms with E-state index in [0.29, 0.717) is 16.7 Å². The number of aryl methyl sites for hydroxylation is 2. The van der Waals surface area contributed by atoms with Crippen molar-refractivity contribution in [2.24, 2.45) is 10.1 Å². The standard InChI is InChI=1S/C29H24F3N7O2S2/c1-3-20-14-18(2)4-13-24(20)39-25(40)16-43-28(39)35-27(42)36-34-15-19-5-7-21(8-6-19)26-33-17-38(37-26)22-9-11-23(12-10-22)41-29(30,31)32/h4-15,17H,3,16H2,1-2H3,(H,36,42)/b34-15+,35-28?. The van der Waals surface area contributed by atoms with Gasteiger partial charge < -0.3 is 4.74 Å². The highest BCUT2D eigenvalue weighted by molar-refractivity contribution is 8.15. The zero-order valence-electron chi connectivity index (χ0n) is 22.9. The topological polar surface area (TPSA) is 97.0 Å². The molecule has 1 fully saturated rings. The van der Waals surface area contributed by atoms with Gasteiger partial charge >= 0.3 is 6.36 Å². The van der Waals surface area contributed by atoms with Gasteiger partial charge in [-0.2, -0.15) is 10.1 Å². The molecule has 1 aromatic heterocycles. The van der Waals surface area contributed by atoms with Crippen LogP contribution in [-0.2, 0) is 11.2 Å². The van der Waals surface area contributed by atoms with Crippen molar-refractivity contribution in [3.05, 3.63) is 89.7 Å². The molecule has 5 rings (SSSR count). The Hall–Kier alpha value is -4.56. The Bertz CT molecular complexity index is 1700. The van der Waals surface area contributed by atoms with Gasteiger partial charge in [0.25, 0.3) is 0 Å². The van der Waals surface area contributed by atoms with Gasteiger partial charge in [0, 0.05) is 5.56 Å². The molecular formula is C29H24F3N7O2S2. The Balaban J connectivity index is 1.20. The number of aliphatic imine (C=N–C) groups is 1. The molecule has 0 spiro atoms. The van der Waals surface area contributed by atoms with Crippen LogP contribution >= 0.6 is 24.0 Å². The fourth-order valence-corrected chi connectivity index (χ4v) is 5.27. The Morgan fingerprint density at radius 1 is 1.14 bits per heavy atom. The second-order valence-corrected chi connectivity index (χ2v) is 10.6. The second kappa shape index (κ2) is 12.8. The van der Waals surface area contributed by atoms with Crippen LogP contribution < -0.4 is 15.1 Å². The number of hydrazone groups is 1. The Morgan fingerprint density at radius 3 is 2.58 bits per heavy atom. The lowest BCUT2D eigenvalue weighted by Crippen LogP contribution is -2.31. The molecule has 1 amide bonds. The van der Waals surface area contributed by atoms with Crippen molar-refractivity contribution >= 4 is 52.1 Å². The zero-order chi connectivity index (χ0) is 30.6. The average molecular weight is 624 g/mol. The summed E-state index contributed by atoms with van der Waals surface area (Å²) < 4.78 is 42.5. The number of nitrogens with one attached hydrogen (secondary N) is 1. The van der Waals surface area contributed by atoms with Crippen LogP contribution in [0.3, 0.4) is 0 Å². The molecule has 4 aromatic rings. The summed E-state index contributed by atoms with van der Waals surface area (Å²) >= 11 is 6.67. The molecule has 0 bridgehead atoms. The first-order valence-electron chi connectivity index (χ1n) is 12.9. The molecule has 9 nitrogen and oxygen atoms in total. The smallest absolute Gasteiger partial charge is 0.406 e. The highest BCUT2D eigenvalue weighted by Crippen LogP contribution is 2.31. The number of hydrogen-bond acceptors (Lipinski definition) is 7. The van der Waals surface area contributed by atoms with Crippen LogP contribution in [0.15, 0.2) is 83.2 Å². The lowest BCUT2D eigenvalue weighted by molar-refractivity contribution is -0.274. The summed E-state index contributed by atoms with van der Waals surface area (Å²) in [7, 11) is 0. The van der Waals surface area contributed by atoms with E-state index in [0.717, 1.165) is 34.4 Å². The summed E-state index contributed by atoms with van der Waals surface area (Å²) in [6.07, 6.45) is -0.933. The minimum absolute atomic E-state index is 0.0542. The number of thiocarbonyl (C=S) groups is 1. The maximum absolute atomic E-state index is 12.7. The lowest BCUT2D eigenvalue weighted by atomic mass is 10.1. The highest BCUT2D eigenvalue weighted by Gasteiger charge is 2.32. The van der Waals surface area contributed by atoms with E-state index < -0.39 is 6.36 Å². The molecule has 220 valence electrons. The van der Waals surface area contributed by atoms with Crippen molar-refractivity contribution in [2.45, 2.75) is 26.6 Å². The van der Waals surface area contributed by atoms with Crippen LogP contribution in [-0.4, -0.2) is 49.3 Å². The molecule has 1 aliphatic rings. The number of ether oxygens (including phenoxy) is 1. The van der Waals surface area contributed by atoms with E-state index in [2.05, 4.69) is 36.4 Å². The molecule has 0 radical (unpaired) electrons. The van der Waals surface area contributed by atoms with E-state index in [9.17, 15) is 18.0 Å². The van der Waals surface area contributed by atoms with Gasteiger partial charge in [-0.1, -0.05) is 60.6 Å². The molecule has 3 aromatic carbocycles. The summed E-state index contributed by atoms with van der Waals surface area (Å²) in [4.78, 5) is 23.0. The van der Waals surface area contributed by atoms with Gasteiger partial charge in [-0.05, 0) is 67.0 Å². The second-order valence-electron chi connectivity index (χ2n) is 9.25. The molecule has 14 heteroatoms. The quantitative estimate of drug-likeness (QED) is 0.152. The molecule has 0 saturated carbocycles. The van der Waals surface area contributed by atoms with E-state index in [1.807, 2.05) is 50.2 Å². The first kappa shape index (κ1) is 29.9. The van der Waals surface area contributed by atoms with Crippen LogP contribution in [0.4, 0.5) is 18.9 Å². The van der Waals surface area contributed by atoms with Gasteiger partial charge in [0.05, 0.1) is 23.3 Å². The van der Waals surface area contributed by atoms with E-state index in [4.69, 9.17) is 12.2 Å². The van der Waals surface area contributed by atoms with Gasteiger partial charge in [0.2, 0.25) is 11.0 Å². The minimum Gasteiger partial charge on any atom is -0.406 e. The number of rotatable bonds is 7. The van der Waals surface area contributed by atoms with Crippen molar-refractivity contribution in [1.82, 2.24) is 20.2 Å². The first-order chi connectivity index (χ1) is 20.6. The Kier molecular flexibility index (Phi) is 8.87. The number of aromatic nitrogens is 3. The molecule has 0 atom stereocenters. The summed E-state index contributed by atoms with van der Waals surface area (Å²) in [5.41, 5.74) is 7.74. The Labute approximate surface area is 254 Å². The lowest BCUT2D eigenvalue weighted by Gasteiger charge is -2.20. The van der Waals surface area contributed by atoms with E-state index in [1.165, 1.54) is 47.0 Å². The fourth-order valence-electron chi connectivity index (χ4n) is 4.21. The average Bonchev–Trinajstić information content (AvgIpc) is 3.60. The summed E-state index contributed by atoms with van der Waals surface area (Å²) in [6.45, 7) is 4.06. The number of amidine groups is 1. The number of nitrogens with zero attached hydrogens (tertiary/aromatic N) is 6. The van der Waals surface area contributed by atoms with Crippen molar-refractivity contribution in [3.63, 3.8) is 0 Å². The van der Waals surface area contributed by atoms with Gasteiger partial charge in [0.1, 0.15) is 12.1 Å². The molecule has 0 aliphatic carbocycles. The highest BCUT2D eigenvalue weighted by atomic mass is 32.2. The van der Waals surface area contributed by atoms with E-state index >= 15 is 0 Å². The third-order valence-corrected chi connectivity index (χ3v) is 7.29. The van der Waals surface area contributed by atoms with Crippen LogP contribution in [0.5, 0.6) is 5.75 Å². The van der Waals surface area contributed by atoms with Crippen LogP contribution in [0.25, 0.3) is 17.1 Å². The molecule has 1 saturated heterocycles. The number of anilines is 1. The summed E-state index contributed by atoms with van der Waals surface area (Å²) in [5, 5.41) is 9.19. The van der Waals surface area contributed by atoms with Crippen LogP contribution in [0, 0.1) is 6.92 Å². The molecule has 43 heavy (non-hydrogen) atoms. The summed E-state index contributed by atoms with van der Waals surface area (Å²) in [5.74, 6) is 0.340. The van der Waals surface area contributed by atoms with Crippen LogP contribution in [0.1, 0.15) is 23.6 Å². The molecule has 1 N–H and O–H groups in total. The molecule has 1 aliphatic heterocycles. The number of hydrogen-bond donors (Lipinski definition) is 1. The maximum Gasteiger partial charge on any atom is 0.573 e. The van der Waals surface area contributed by atoms with Crippen molar-refractivity contribution in [2.75, 3.05) is 10.7 Å². The van der Waals surface area contributed by atoms with E-state index in [1.54, 1.807) is 11.1 Å². The number of carbonyl (C=O) groups excluding carboxylic acids is 1. The minimum atomic E-state index is -4.76. The number of alkyl halides is 3. The monoisotopic (exact) mass is 623 g/mol. The van der Waals surface area contributed by atoms with Crippen molar-refractivity contribution in [1.29, 1.82) is 0 Å². The third-order valence-electron chi connectivity index (χ3n) is 6.19. The zero-order valence-corrected chi connectivity index (χ0v) is 24.5. The number of thioether (sulfide) groups is 1. The number of benzene rings is 3. The first-order valence-corrected chi connectivity index (χ1v) is 14.3. The van der Waals surface area contributed by atoms with Crippen molar-refractivity contribution < 1.29 is 22.7 Å². The predicted octanol–water partition coefficient (Wildman–Crippen LogP) is 6.05. The molecule has 0 unspecified atom stereocenters. The Morgan fingerprint density at radius 2 is 1.88 bits per heavy atom. The van der Waals surface area contributed by atoms with Crippen molar-refractivity contribution in [3.8, 4) is 22.8 Å². The van der Waals surface area contributed by atoms with Gasteiger partial charge in [-0.3, -0.25) is 15.1 Å². The predicted molar refractivity (Wildman–Crippen MR) is 165 cm³/mol. The normalized spacial score (nSPS) is 14.6. The SMILES string of the molecule is CCc1cc(C)ccc1N1C(=O)CSC1=NC(=S)N/N=C/c1ccc(-c2ncn(-c3ccc(OC(F)(F)F)cc3)n2)cc1.